The van der Waals surface area contributed by atoms with Gasteiger partial charge in [0.15, 0.2) is 5.78 Å². The van der Waals surface area contributed by atoms with Gasteiger partial charge in [-0.15, -0.1) is 6.42 Å². The molecule has 1 rings (SSSR count). The summed E-state index contributed by atoms with van der Waals surface area (Å²) in [5.74, 6) is 1.90. The van der Waals surface area contributed by atoms with Crippen LogP contribution in [-0.2, 0) is 11.2 Å². The Balaban J connectivity index is 2.56. The molecular weight excluding hydrogens is 273 g/mol. The van der Waals surface area contributed by atoms with Crippen molar-refractivity contribution >= 4 is 21.7 Å². The van der Waals surface area contributed by atoms with Gasteiger partial charge in [-0.1, -0.05) is 21.9 Å². The van der Waals surface area contributed by atoms with Crippen LogP contribution in [0.2, 0.25) is 0 Å². The van der Waals surface area contributed by atoms with E-state index in [1.165, 1.54) is 6.07 Å². The quantitative estimate of drug-likeness (QED) is 0.661. The lowest BCUT2D eigenvalue weighted by molar-refractivity contribution is -0.117. The zero-order valence-corrected chi connectivity index (χ0v) is 10.2. The van der Waals surface area contributed by atoms with E-state index in [0.717, 1.165) is 4.47 Å². The van der Waals surface area contributed by atoms with Crippen LogP contribution in [0, 0.1) is 18.2 Å². The summed E-state index contributed by atoms with van der Waals surface area (Å²) in [6, 6.07) is 4.54. The fourth-order valence-corrected chi connectivity index (χ4v) is 1.64. The molecule has 0 atom stereocenters. The minimum atomic E-state index is -0.367. The SMILES string of the molecule is C#CCNCC(=O)Cc1cc(Br)ccc1F. The van der Waals surface area contributed by atoms with E-state index in [1.807, 2.05) is 0 Å². The largest absolute Gasteiger partial charge is 0.299 e. The molecule has 0 fully saturated rings. The lowest BCUT2D eigenvalue weighted by Gasteiger charge is -2.03. The van der Waals surface area contributed by atoms with Crippen molar-refractivity contribution in [1.82, 2.24) is 5.32 Å². The molecule has 0 saturated carbocycles. The third-order valence-corrected chi connectivity index (χ3v) is 2.44. The van der Waals surface area contributed by atoms with E-state index in [4.69, 9.17) is 6.42 Å². The van der Waals surface area contributed by atoms with Crippen LogP contribution in [0.1, 0.15) is 5.56 Å². The van der Waals surface area contributed by atoms with Crippen molar-refractivity contribution < 1.29 is 9.18 Å². The highest BCUT2D eigenvalue weighted by molar-refractivity contribution is 9.10. The fraction of sp³-hybridized carbons (Fsp3) is 0.250. The summed E-state index contributed by atoms with van der Waals surface area (Å²) in [6.07, 6.45) is 5.09. The molecule has 0 aliphatic rings. The summed E-state index contributed by atoms with van der Waals surface area (Å²) >= 11 is 3.23. The minimum absolute atomic E-state index is 0.0723. The average molecular weight is 284 g/mol. The maximum atomic E-state index is 13.3. The van der Waals surface area contributed by atoms with Crippen LogP contribution in [0.5, 0.6) is 0 Å². The molecule has 0 aliphatic carbocycles. The Morgan fingerprint density at radius 1 is 1.56 bits per heavy atom. The van der Waals surface area contributed by atoms with Gasteiger partial charge in [-0.05, 0) is 23.8 Å². The van der Waals surface area contributed by atoms with E-state index in [0.29, 0.717) is 12.1 Å². The first-order valence-corrected chi connectivity index (χ1v) is 5.52. The van der Waals surface area contributed by atoms with Crippen LogP contribution in [0.4, 0.5) is 4.39 Å². The number of hydrogen-bond acceptors (Lipinski definition) is 2. The maximum absolute atomic E-state index is 13.3. The molecule has 1 N–H and O–H groups in total. The molecule has 0 saturated heterocycles. The first-order valence-electron chi connectivity index (χ1n) is 4.73. The third-order valence-electron chi connectivity index (χ3n) is 1.94. The summed E-state index contributed by atoms with van der Waals surface area (Å²) in [5.41, 5.74) is 0.391. The number of ketones is 1. The van der Waals surface area contributed by atoms with Crippen LogP contribution in [0.15, 0.2) is 22.7 Å². The zero-order chi connectivity index (χ0) is 12.0. The van der Waals surface area contributed by atoms with Gasteiger partial charge in [-0.25, -0.2) is 4.39 Å². The summed E-state index contributed by atoms with van der Waals surface area (Å²) in [7, 11) is 0. The highest BCUT2D eigenvalue weighted by Crippen LogP contribution is 2.16. The van der Waals surface area contributed by atoms with E-state index in [-0.39, 0.29) is 24.6 Å². The second-order valence-electron chi connectivity index (χ2n) is 3.26. The topological polar surface area (TPSA) is 29.1 Å². The molecule has 0 aromatic heterocycles. The van der Waals surface area contributed by atoms with E-state index in [9.17, 15) is 9.18 Å². The molecule has 0 aliphatic heterocycles. The van der Waals surface area contributed by atoms with Gasteiger partial charge in [0.05, 0.1) is 13.1 Å². The molecule has 0 heterocycles. The van der Waals surface area contributed by atoms with Gasteiger partial charge in [-0.3, -0.25) is 10.1 Å². The summed E-state index contributed by atoms with van der Waals surface area (Å²) in [6.45, 7) is 0.503. The lowest BCUT2D eigenvalue weighted by atomic mass is 10.1. The Morgan fingerprint density at radius 2 is 2.31 bits per heavy atom. The first kappa shape index (κ1) is 12.9. The number of hydrogen-bond donors (Lipinski definition) is 1. The van der Waals surface area contributed by atoms with Crippen LogP contribution < -0.4 is 5.32 Å². The standard InChI is InChI=1S/C12H11BrFNO/c1-2-5-15-8-11(16)7-9-6-10(13)3-4-12(9)14/h1,3-4,6,15H,5,7-8H2. The summed E-state index contributed by atoms with van der Waals surface area (Å²) in [4.78, 5) is 11.4. The average Bonchev–Trinajstić information content (AvgIpc) is 2.24. The number of rotatable bonds is 5. The Hall–Kier alpha value is -1.18. The number of Topliss-reactive ketones (excluding diaryl/α,β-unsaturated/α-hetero) is 1. The summed E-state index contributed by atoms with van der Waals surface area (Å²) in [5, 5.41) is 2.77. The molecule has 2 nitrogen and oxygen atoms in total. The van der Waals surface area contributed by atoms with Crippen LogP contribution in [0.3, 0.4) is 0 Å². The molecule has 16 heavy (non-hydrogen) atoms. The van der Waals surface area contributed by atoms with Crippen LogP contribution in [-0.4, -0.2) is 18.9 Å². The van der Waals surface area contributed by atoms with Gasteiger partial charge in [0.1, 0.15) is 5.82 Å². The van der Waals surface area contributed by atoms with E-state index in [1.54, 1.807) is 12.1 Å². The van der Waals surface area contributed by atoms with Crippen LogP contribution >= 0.6 is 15.9 Å². The Bertz CT molecular complexity index is 426. The molecule has 4 heteroatoms. The molecule has 1 aromatic carbocycles. The molecule has 0 unspecified atom stereocenters. The highest BCUT2D eigenvalue weighted by atomic mass is 79.9. The van der Waals surface area contributed by atoms with Crippen LogP contribution in [0.25, 0.3) is 0 Å². The number of carbonyl (C=O) groups excluding carboxylic acids is 1. The van der Waals surface area contributed by atoms with Crippen molar-refractivity contribution in [2.75, 3.05) is 13.1 Å². The van der Waals surface area contributed by atoms with Crippen molar-refractivity contribution in [3.63, 3.8) is 0 Å². The van der Waals surface area contributed by atoms with Crippen molar-refractivity contribution in [2.45, 2.75) is 6.42 Å². The molecule has 1 aromatic rings. The Morgan fingerprint density at radius 3 is 3.00 bits per heavy atom. The number of benzene rings is 1. The van der Waals surface area contributed by atoms with Crippen molar-refractivity contribution in [3.8, 4) is 12.3 Å². The van der Waals surface area contributed by atoms with Gasteiger partial charge in [0.25, 0.3) is 0 Å². The van der Waals surface area contributed by atoms with Gasteiger partial charge in [0, 0.05) is 10.9 Å². The van der Waals surface area contributed by atoms with Crippen molar-refractivity contribution in [2.24, 2.45) is 0 Å². The molecule has 84 valence electrons. The predicted octanol–water partition coefficient (Wildman–Crippen LogP) is 1.92. The van der Waals surface area contributed by atoms with Gasteiger partial charge in [-0.2, -0.15) is 0 Å². The second-order valence-corrected chi connectivity index (χ2v) is 4.17. The lowest BCUT2D eigenvalue weighted by Crippen LogP contribution is -2.24. The monoisotopic (exact) mass is 283 g/mol. The third kappa shape index (κ3) is 4.13. The smallest absolute Gasteiger partial charge is 0.151 e. The number of halogens is 2. The van der Waals surface area contributed by atoms with Crippen molar-refractivity contribution in [3.05, 3.63) is 34.1 Å². The first-order chi connectivity index (χ1) is 7.63. The number of terminal acetylenes is 1. The normalized spacial score (nSPS) is 9.81. The van der Waals surface area contributed by atoms with Gasteiger partial charge >= 0.3 is 0 Å². The predicted molar refractivity (Wildman–Crippen MR) is 64.5 cm³/mol. The molecule has 0 bridgehead atoms. The molecule has 0 amide bonds. The zero-order valence-electron chi connectivity index (χ0n) is 8.59. The molecule has 0 spiro atoms. The molecule has 0 radical (unpaired) electrons. The summed E-state index contributed by atoms with van der Waals surface area (Å²) < 4.78 is 14.1. The molecular formula is C12H11BrFNO. The van der Waals surface area contributed by atoms with E-state index in [2.05, 4.69) is 27.2 Å². The van der Waals surface area contributed by atoms with Crippen molar-refractivity contribution in [1.29, 1.82) is 0 Å². The maximum Gasteiger partial charge on any atom is 0.151 e. The number of carbonyl (C=O) groups is 1. The van der Waals surface area contributed by atoms with E-state index < -0.39 is 0 Å². The Labute approximate surface area is 102 Å². The minimum Gasteiger partial charge on any atom is -0.299 e. The van der Waals surface area contributed by atoms with Gasteiger partial charge < -0.3 is 0 Å². The van der Waals surface area contributed by atoms with E-state index >= 15 is 0 Å². The second kappa shape index (κ2) is 6.41. The highest BCUT2D eigenvalue weighted by Gasteiger charge is 2.08. The Kier molecular flexibility index (Phi) is 5.17. The fourth-order valence-electron chi connectivity index (χ4n) is 1.23. The number of nitrogens with one attached hydrogen (secondary N) is 1. The van der Waals surface area contributed by atoms with Gasteiger partial charge in [0.2, 0.25) is 0 Å².